The fourth-order valence-electron chi connectivity index (χ4n) is 6.26. The predicted octanol–water partition coefficient (Wildman–Crippen LogP) is 8.75. The second-order valence-corrected chi connectivity index (χ2v) is 11.2. The average Bonchev–Trinajstić information content (AvgIpc) is 3.40. The van der Waals surface area contributed by atoms with Crippen molar-refractivity contribution in [2.24, 2.45) is 4.99 Å². The molecule has 0 spiro atoms. The Morgan fingerprint density at radius 3 is 2.47 bits per heavy atom. The third-order valence-electron chi connectivity index (χ3n) is 8.24. The molecule has 0 fully saturated rings. The number of aromatic nitrogens is 1. The van der Waals surface area contributed by atoms with Crippen molar-refractivity contribution >= 4 is 16.8 Å². The van der Waals surface area contributed by atoms with Gasteiger partial charge in [0.15, 0.2) is 0 Å². The molecule has 0 saturated heterocycles. The number of hydrogen-bond acceptors (Lipinski definition) is 5. The molecule has 0 saturated carbocycles. The SMILES string of the molecule is Cc1cc(O)c2nc(Oc3[c-]c(C4=N[C@H]5Cc6ccccc6-c6ccccc6[C@H]5O4)cc(-c4ccccc4F)c3)ccc2c1.[Pt]. The first kappa shape index (κ1) is 28.9. The number of benzene rings is 5. The smallest absolute Gasteiger partial charge is 0.217 e. The Balaban J connectivity index is 0.00000325. The first-order chi connectivity index (χ1) is 21.5. The summed E-state index contributed by atoms with van der Waals surface area (Å²) in [5.74, 6) is 0.740. The fourth-order valence-corrected chi connectivity index (χ4v) is 6.26. The Bertz CT molecular complexity index is 2130. The van der Waals surface area contributed by atoms with E-state index in [1.54, 1.807) is 36.4 Å². The number of pyridine rings is 1. The molecule has 0 amide bonds. The molecular weight excluding hydrogens is 747 g/mol. The minimum absolute atomic E-state index is 0. The van der Waals surface area contributed by atoms with Crippen LogP contribution in [-0.4, -0.2) is 22.0 Å². The maximum absolute atomic E-state index is 15.0. The van der Waals surface area contributed by atoms with Crippen LogP contribution in [0.15, 0.2) is 114 Å². The van der Waals surface area contributed by atoms with Gasteiger partial charge < -0.3 is 14.6 Å². The molecule has 1 N–H and O–H groups in total. The topological polar surface area (TPSA) is 63.9 Å². The summed E-state index contributed by atoms with van der Waals surface area (Å²) in [7, 11) is 0. The van der Waals surface area contributed by atoms with Crippen molar-refractivity contribution in [3.05, 3.63) is 143 Å². The van der Waals surface area contributed by atoms with Crippen molar-refractivity contribution < 1.29 is 40.0 Å². The molecule has 5 nitrogen and oxygen atoms in total. The number of hydrogen-bond donors (Lipinski definition) is 1. The molecule has 1 aliphatic carbocycles. The van der Waals surface area contributed by atoms with Gasteiger partial charge >= 0.3 is 0 Å². The summed E-state index contributed by atoms with van der Waals surface area (Å²) in [6, 6.07) is 37.2. The molecule has 0 unspecified atom stereocenters. The van der Waals surface area contributed by atoms with Gasteiger partial charge in [0, 0.05) is 43.8 Å². The molecule has 224 valence electrons. The summed E-state index contributed by atoms with van der Waals surface area (Å²) >= 11 is 0. The molecule has 2 atom stereocenters. The van der Waals surface area contributed by atoms with Crippen LogP contribution < -0.4 is 4.74 Å². The monoisotopic (exact) mass is 772 g/mol. The number of nitrogens with zero attached hydrogens (tertiary/aromatic N) is 2. The van der Waals surface area contributed by atoms with E-state index < -0.39 is 0 Å². The fraction of sp³-hybridized carbons (Fsp3) is 0.105. The van der Waals surface area contributed by atoms with Gasteiger partial charge in [0.2, 0.25) is 5.88 Å². The standard InChI is InChI=1S/C38H26FN2O3.Pt/c1-22-16-24-14-15-35(41-36(24)34(42)17-22)43-27-19-25(29-10-6-7-13-32(29)39)18-26(20-27)38-40-33-21-23-8-2-3-9-28(23)30-11-4-5-12-31(30)37(33)44-38;/h2-19,33,37,42H,21H2,1H3;/q-1;/t33-,37+;/m0./s1. The number of rotatable bonds is 4. The van der Waals surface area contributed by atoms with E-state index in [1.807, 2.05) is 37.3 Å². The second-order valence-electron chi connectivity index (χ2n) is 11.2. The Labute approximate surface area is 274 Å². The van der Waals surface area contributed by atoms with Gasteiger partial charge in [0.25, 0.3) is 0 Å². The van der Waals surface area contributed by atoms with Crippen molar-refractivity contribution in [1.82, 2.24) is 4.98 Å². The van der Waals surface area contributed by atoms with E-state index in [4.69, 9.17) is 14.5 Å². The summed E-state index contributed by atoms with van der Waals surface area (Å²) in [5, 5.41) is 11.3. The Kier molecular flexibility index (Phi) is 7.46. The van der Waals surface area contributed by atoms with Gasteiger partial charge in [-0.25, -0.2) is 9.37 Å². The molecule has 5 aromatic carbocycles. The van der Waals surface area contributed by atoms with Crippen LogP contribution in [0.25, 0.3) is 33.2 Å². The maximum Gasteiger partial charge on any atom is 0.217 e. The predicted molar refractivity (Wildman–Crippen MR) is 169 cm³/mol. The number of ether oxygens (including phenoxy) is 2. The van der Waals surface area contributed by atoms with Crippen LogP contribution >= 0.6 is 0 Å². The van der Waals surface area contributed by atoms with E-state index in [9.17, 15) is 5.11 Å². The van der Waals surface area contributed by atoms with E-state index in [1.165, 1.54) is 17.2 Å². The normalized spacial score (nSPS) is 16.4. The molecule has 45 heavy (non-hydrogen) atoms. The molecule has 1 aromatic heterocycles. The van der Waals surface area contributed by atoms with Crippen molar-refractivity contribution in [2.45, 2.75) is 25.5 Å². The molecule has 0 bridgehead atoms. The number of halogens is 1. The number of phenols is 1. The van der Waals surface area contributed by atoms with Crippen molar-refractivity contribution in [2.75, 3.05) is 0 Å². The zero-order valence-corrected chi connectivity index (χ0v) is 26.4. The second kappa shape index (κ2) is 11.6. The Hall–Kier alpha value is -4.80. The van der Waals surface area contributed by atoms with E-state index in [2.05, 4.69) is 47.4 Å². The third-order valence-corrected chi connectivity index (χ3v) is 8.24. The summed E-state index contributed by atoms with van der Waals surface area (Å²) in [6.07, 6.45) is 0.441. The van der Waals surface area contributed by atoms with Crippen LogP contribution in [0.2, 0.25) is 0 Å². The third kappa shape index (κ3) is 5.30. The number of fused-ring (bicyclic) bond motifs is 6. The van der Waals surface area contributed by atoms with Crippen LogP contribution in [0.5, 0.6) is 17.4 Å². The van der Waals surface area contributed by atoms with Gasteiger partial charge in [-0.2, -0.15) is 0 Å². The van der Waals surface area contributed by atoms with Gasteiger partial charge in [0.1, 0.15) is 29.1 Å². The van der Waals surface area contributed by atoms with E-state index in [-0.39, 0.29) is 50.7 Å². The van der Waals surface area contributed by atoms with Gasteiger partial charge in [-0.3, -0.25) is 4.99 Å². The van der Waals surface area contributed by atoms with Gasteiger partial charge in [-0.1, -0.05) is 90.0 Å². The number of phenolic OH excluding ortho intramolecular Hbond substituents is 1. The van der Waals surface area contributed by atoms with Crippen LogP contribution in [0, 0.1) is 18.8 Å². The molecule has 8 rings (SSSR count). The van der Waals surface area contributed by atoms with Crippen LogP contribution in [0.4, 0.5) is 4.39 Å². The molecule has 2 aliphatic rings. The minimum Gasteiger partial charge on any atom is -0.510 e. The average molecular weight is 773 g/mol. The van der Waals surface area contributed by atoms with E-state index >= 15 is 4.39 Å². The number of aromatic hydroxyl groups is 1. The summed E-state index contributed by atoms with van der Waals surface area (Å²) in [4.78, 5) is 9.62. The minimum atomic E-state index is -0.357. The first-order valence-electron chi connectivity index (χ1n) is 14.5. The van der Waals surface area contributed by atoms with Crippen molar-refractivity contribution in [1.29, 1.82) is 0 Å². The van der Waals surface area contributed by atoms with Gasteiger partial charge in [-0.15, -0.1) is 6.07 Å². The number of aryl methyl sites for hydroxylation is 1. The molecule has 1 aliphatic heterocycles. The maximum atomic E-state index is 15.0. The molecule has 7 heteroatoms. The number of aliphatic imine (C=N–C) groups is 1. The first-order valence-corrected chi connectivity index (χ1v) is 14.5. The van der Waals surface area contributed by atoms with E-state index in [0.29, 0.717) is 33.9 Å². The van der Waals surface area contributed by atoms with E-state index in [0.717, 1.165) is 28.5 Å². The largest absolute Gasteiger partial charge is 0.510 e. The molecular formula is C38H26FN2O3Pt-. The van der Waals surface area contributed by atoms with Gasteiger partial charge in [-0.05, 0) is 65.4 Å². The zero-order chi connectivity index (χ0) is 29.8. The van der Waals surface area contributed by atoms with Crippen molar-refractivity contribution in [3.63, 3.8) is 0 Å². The van der Waals surface area contributed by atoms with Gasteiger partial charge in [0.05, 0.1) is 6.04 Å². The molecule has 0 radical (unpaired) electrons. The Morgan fingerprint density at radius 2 is 1.62 bits per heavy atom. The van der Waals surface area contributed by atoms with Crippen LogP contribution in [0.1, 0.15) is 28.4 Å². The molecule has 6 aromatic rings. The Morgan fingerprint density at radius 1 is 0.867 bits per heavy atom. The summed E-state index contributed by atoms with van der Waals surface area (Å²) in [6.45, 7) is 1.91. The quantitative estimate of drug-likeness (QED) is 0.182. The van der Waals surface area contributed by atoms with Crippen LogP contribution in [-0.2, 0) is 32.2 Å². The van der Waals surface area contributed by atoms with Crippen molar-refractivity contribution in [3.8, 4) is 39.6 Å². The van der Waals surface area contributed by atoms with Crippen LogP contribution in [0.3, 0.4) is 0 Å². The molecule has 2 heterocycles. The summed E-state index contributed by atoms with van der Waals surface area (Å²) < 4.78 is 27.9. The summed E-state index contributed by atoms with van der Waals surface area (Å²) in [5.41, 5.74) is 7.57. The zero-order valence-electron chi connectivity index (χ0n) is 24.1.